The van der Waals surface area contributed by atoms with Crippen molar-refractivity contribution in [2.75, 3.05) is 87.4 Å². The van der Waals surface area contributed by atoms with Crippen molar-refractivity contribution in [3.05, 3.63) is 0 Å². The van der Waals surface area contributed by atoms with Crippen molar-refractivity contribution in [3.63, 3.8) is 0 Å². The average molecular weight is 660 g/mol. The summed E-state index contributed by atoms with van der Waals surface area (Å²) in [4.78, 5) is 19.8. The van der Waals surface area contributed by atoms with Crippen molar-refractivity contribution in [1.29, 1.82) is 0 Å². The third-order valence-electron chi connectivity index (χ3n) is 3.36. The van der Waals surface area contributed by atoms with Crippen LogP contribution in [-0.4, -0.2) is 117 Å². The lowest BCUT2D eigenvalue weighted by Crippen LogP contribution is -2.22. The Hall–Kier alpha value is 1.52. The Balaban J connectivity index is 3.29. The number of carbonyl (C=O) groups is 1. The molecule has 0 bridgehead atoms. The minimum Gasteiger partial charge on any atom is -0.396 e. The number of rotatable bonds is 25. The molecule has 0 saturated heterocycles. The van der Waals surface area contributed by atoms with E-state index >= 15 is 0 Å². The highest BCUT2D eigenvalue weighted by molar-refractivity contribution is 8.23. The second kappa shape index (κ2) is 30.1. The van der Waals surface area contributed by atoms with Crippen LogP contribution in [0.3, 0.4) is 0 Å². The smallest absolute Gasteiger partial charge is 0.279 e. The number of nitrogens with one attached hydrogen (secondary N) is 1. The zero-order valence-electron chi connectivity index (χ0n) is 20.0. The van der Waals surface area contributed by atoms with Gasteiger partial charge in [0.2, 0.25) is 0 Å². The van der Waals surface area contributed by atoms with Crippen molar-refractivity contribution in [2.24, 2.45) is 9.98 Å². The third kappa shape index (κ3) is 29.9. The van der Waals surface area contributed by atoms with Crippen LogP contribution >= 0.6 is 82.3 Å². The van der Waals surface area contributed by atoms with Crippen LogP contribution in [0.1, 0.15) is 6.42 Å². The summed E-state index contributed by atoms with van der Waals surface area (Å²) in [6.45, 7) is 1.43. The van der Waals surface area contributed by atoms with Gasteiger partial charge in [-0.3, -0.25) is 23.2 Å². The van der Waals surface area contributed by atoms with Crippen LogP contribution in [0.2, 0.25) is 0 Å². The highest BCUT2D eigenvalue weighted by Gasteiger charge is 2.02. The van der Waals surface area contributed by atoms with Crippen LogP contribution < -0.4 is 5.32 Å². The molecule has 0 spiro atoms. The molecule has 1 amide bonds. The first-order valence-electron chi connectivity index (χ1n) is 10.7. The molecule has 0 saturated carbocycles. The van der Waals surface area contributed by atoms with Gasteiger partial charge in [0.1, 0.15) is 0 Å². The standard InChI is InChI=1S/C19H37N3O4S9/c1-20-13-35(26)12-10-30-18-32-17-29-8-9-33-19(24)22-4-7-28-16-31-15-27-6-3-21-14-34(25)11-2-5-23/h13-14,23H,2-12,15-18H2,1H3,(H,22,24). The quantitative estimate of drug-likeness (QED) is 0.0637. The van der Waals surface area contributed by atoms with Gasteiger partial charge in [0.25, 0.3) is 5.24 Å². The van der Waals surface area contributed by atoms with Crippen LogP contribution in [0, 0.1) is 0 Å². The molecule has 0 radical (unpaired) electrons. The SMILES string of the molecule is CN=CS(=O)CCSCSCSCCSC(=O)NCCSCSCSCCN=CS(=O)CCCO. The average Bonchev–Trinajstić information content (AvgIpc) is 2.84. The maximum absolute atomic E-state index is 11.8. The summed E-state index contributed by atoms with van der Waals surface area (Å²) < 4.78 is 22.9. The summed E-state index contributed by atoms with van der Waals surface area (Å²) in [6, 6.07) is 0. The second-order valence-electron chi connectivity index (χ2n) is 6.20. The van der Waals surface area contributed by atoms with Gasteiger partial charge >= 0.3 is 0 Å². The summed E-state index contributed by atoms with van der Waals surface area (Å²) in [6.07, 6.45) is 0.548. The van der Waals surface area contributed by atoms with Gasteiger partial charge in [0.15, 0.2) is 0 Å². The number of aliphatic hydroxyl groups excluding tert-OH is 1. The summed E-state index contributed by atoms with van der Waals surface area (Å²) >= 11 is 12.4. The van der Waals surface area contributed by atoms with E-state index in [1.54, 1.807) is 18.8 Å². The van der Waals surface area contributed by atoms with Crippen molar-refractivity contribution >= 4 is 120 Å². The molecule has 0 aliphatic heterocycles. The largest absolute Gasteiger partial charge is 0.396 e. The Morgan fingerprint density at radius 3 is 2.14 bits per heavy atom. The highest BCUT2D eigenvalue weighted by atomic mass is 32.2. The Morgan fingerprint density at radius 2 is 1.46 bits per heavy atom. The van der Waals surface area contributed by atoms with E-state index in [4.69, 9.17) is 5.11 Å². The van der Waals surface area contributed by atoms with Crippen molar-refractivity contribution in [2.45, 2.75) is 6.42 Å². The minimum absolute atomic E-state index is 0.0547. The molecule has 0 fully saturated rings. The Morgan fingerprint density at radius 1 is 0.829 bits per heavy atom. The van der Waals surface area contributed by atoms with Gasteiger partial charge in [-0.2, -0.15) is 23.5 Å². The van der Waals surface area contributed by atoms with Gasteiger partial charge in [-0.25, -0.2) is 0 Å². The molecule has 0 aromatic rings. The molecule has 35 heavy (non-hydrogen) atoms. The van der Waals surface area contributed by atoms with Crippen LogP contribution in [-0.2, 0) is 21.6 Å². The summed E-state index contributed by atoms with van der Waals surface area (Å²) in [5.74, 6) is 5.62. The van der Waals surface area contributed by atoms with Crippen LogP contribution in [0.15, 0.2) is 9.98 Å². The lowest BCUT2D eigenvalue weighted by Gasteiger charge is -2.05. The van der Waals surface area contributed by atoms with E-state index in [9.17, 15) is 13.2 Å². The van der Waals surface area contributed by atoms with E-state index < -0.39 is 21.6 Å². The Labute approximate surface area is 245 Å². The predicted octanol–water partition coefficient (Wildman–Crippen LogP) is 4.22. The molecule has 2 N–H and O–H groups in total. The lowest BCUT2D eigenvalue weighted by atomic mass is 10.5. The highest BCUT2D eigenvalue weighted by Crippen LogP contribution is 2.19. The zero-order chi connectivity index (χ0) is 25.8. The van der Waals surface area contributed by atoms with E-state index in [1.807, 2.05) is 58.8 Å². The normalized spacial score (nSPS) is 13.5. The van der Waals surface area contributed by atoms with Gasteiger partial charge in [-0.05, 0) is 6.42 Å². The number of amides is 1. The van der Waals surface area contributed by atoms with Crippen molar-refractivity contribution < 1.29 is 18.3 Å². The van der Waals surface area contributed by atoms with Crippen molar-refractivity contribution in [1.82, 2.24) is 5.32 Å². The van der Waals surface area contributed by atoms with Crippen LogP contribution in [0.5, 0.6) is 0 Å². The maximum Gasteiger partial charge on any atom is 0.279 e. The fraction of sp³-hybridized carbons (Fsp3) is 0.842. The Kier molecular flexibility index (Phi) is 31.4. The molecule has 0 aromatic heterocycles. The summed E-state index contributed by atoms with van der Waals surface area (Å²) in [5.41, 5.74) is 2.98. The van der Waals surface area contributed by atoms with Gasteiger partial charge in [0.05, 0.1) is 32.7 Å². The maximum atomic E-state index is 11.8. The molecule has 0 rings (SSSR count). The van der Waals surface area contributed by atoms with Gasteiger partial charge in [-0.1, -0.05) is 11.8 Å². The van der Waals surface area contributed by atoms with Gasteiger partial charge in [-0.15, -0.1) is 47.0 Å². The number of hydrogen-bond acceptors (Lipinski definition) is 13. The number of hydrogen-bond donors (Lipinski definition) is 2. The number of nitrogens with zero attached hydrogens (tertiary/aromatic N) is 2. The molecule has 2 atom stereocenters. The number of carbonyl (C=O) groups excluding carboxylic acids is 1. The van der Waals surface area contributed by atoms with Crippen molar-refractivity contribution in [3.8, 4) is 0 Å². The molecule has 7 nitrogen and oxygen atoms in total. The fourth-order valence-corrected chi connectivity index (χ4v) is 11.3. The Bertz CT molecular complexity index is 616. The van der Waals surface area contributed by atoms with E-state index in [0.717, 1.165) is 49.1 Å². The molecule has 0 aliphatic carbocycles. The van der Waals surface area contributed by atoms with Gasteiger partial charge in [0, 0.05) is 87.4 Å². The molecule has 16 heteroatoms. The molecule has 0 heterocycles. The van der Waals surface area contributed by atoms with E-state index in [2.05, 4.69) is 15.3 Å². The summed E-state index contributed by atoms with van der Waals surface area (Å²) in [7, 11) is -0.351. The zero-order valence-corrected chi connectivity index (χ0v) is 27.4. The third-order valence-corrected chi connectivity index (χ3v) is 14.1. The fourth-order valence-electron chi connectivity index (χ4n) is 1.83. The second-order valence-corrected chi connectivity index (χ2v) is 17.9. The topological polar surface area (TPSA) is 108 Å². The van der Waals surface area contributed by atoms with Crippen LogP contribution in [0.25, 0.3) is 0 Å². The van der Waals surface area contributed by atoms with E-state index in [0.29, 0.717) is 31.0 Å². The molecular weight excluding hydrogens is 623 g/mol. The molecule has 0 aromatic carbocycles. The lowest BCUT2D eigenvalue weighted by molar-refractivity contribution is 0.261. The molecule has 206 valence electrons. The number of aliphatic imine (C=N–C) groups is 2. The molecule has 2 unspecified atom stereocenters. The number of aliphatic hydroxyl groups is 1. The first-order valence-corrected chi connectivity index (χ1v) is 21.4. The summed E-state index contributed by atoms with van der Waals surface area (Å²) in [5, 5.41) is 15.7. The molecular formula is C19H37N3O4S9. The predicted molar refractivity (Wildman–Crippen MR) is 176 cm³/mol. The van der Waals surface area contributed by atoms with Crippen LogP contribution in [0.4, 0.5) is 4.79 Å². The first-order chi connectivity index (χ1) is 17.1. The van der Waals surface area contributed by atoms with E-state index in [-0.39, 0.29) is 11.8 Å². The number of thioether (sulfide) groups is 7. The van der Waals surface area contributed by atoms with E-state index in [1.165, 1.54) is 22.9 Å². The van der Waals surface area contributed by atoms with Gasteiger partial charge < -0.3 is 10.4 Å². The molecule has 0 aliphatic rings. The first kappa shape index (κ1) is 36.5. The minimum atomic E-state index is -1.06. The monoisotopic (exact) mass is 659 g/mol.